The molecule has 3 N–H and O–H groups in total. The fourth-order valence-electron chi connectivity index (χ4n) is 3.21. The van der Waals surface area contributed by atoms with E-state index < -0.39 is 32.1 Å². The number of hydrogen-bond acceptors (Lipinski definition) is 5. The number of amides is 1. The van der Waals surface area contributed by atoms with E-state index in [0.29, 0.717) is 23.6 Å². The number of hydrogen-bond donors (Lipinski definition) is 3. The molecule has 28 heavy (non-hydrogen) atoms. The van der Waals surface area contributed by atoms with Crippen molar-refractivity contribution in [1.82, 2.24) is 14.3 Å². The first-order valence-electron chi connectivity index (χ1n) is 8.58. The molecule has 0 aliphatic carbocycles. The van der Waals surface area contributed by atoms with Gasteiger partial charge in [-0.05, 0) is 38.0 Å². The Kier molecular flexibility index (Phi) is 5.73. The number of aryl methyl sites for hydroxylation is 1. The number of aromatic amines is 2. The molecule has 0 unspecified atom stereocenters. The Morgan fingerprint density at radius 1 is 1.29 bits per heavy atom. The zero-order valence-electron chi connectivity index (χ0n) is 15.0. The molecule has 1 amide bonds. The van der Waals surface area contributed by atoms with Gasteiger partial charge in [0, 0.05) is 29.5 Å². The number of rotatable bonds is 4. The number of nitrogens with zero attached hydrogens (tertiary/aromatic N) is 1. The molecule has 1 saturated heterocycles. The predicted octanol–water partition coefficient (Wildman–Crippen LogP) is 1.06. The molecule has 150 valence electrons. The Morgan fingerprint density at radius 3 is 2.71 bits per heavy atom. The predicted molar refractivity (Wildman–Crippen MR) is 104 cm³/mol. The number of carbonyl (C=O) groups is 1. The van der Waals surface area contributed by atoms with Crippen LogP contribution in [0.5, 0.6) is 0 Å². The highest BCUT2D eigenvalue weighted by molar-refractivity contribution is 7.89. The van der Waals surface area contributed by atoms with E-state index >= 15 is 0 Å². The summed E-state index contributed by atoms with van der Waals surface area (Å²) in [4.78, 5) is 39.7. The summed E-state index contributed by atoms with van der Waals surface area (Å²) in [5.41, 5.74) is -1.28. The minimum Gasteiger partial charge on any atom is -0.326 e. The van der Waals surface area contributed by atoms with Gasteiger partial charge in [-0.1, -0.05) is 17.7 Å². The summed E-state index contributed by atoms with van der Waals surface area (Å²) in [7, 11) is -4.17. The van der Waals surface area contributed by atoms with E-state index in [1.165, 1.54) is 6.92 Å². The molecular weight excluding hydrogens is 408 g/mol. The van der Waals surface area contributed by atoms with Crippen molar-refractivity contribution >= 4 is 33.2 Å². The van der Waals surface area contributed by atoms with E-state index in [1.54, 1.807) is 24.3 Å². The third-order valence-electron chi connectivity index (χ3n) is 4.52. The fraction of sp³-hybridized carbons (Fsp3) is 0.353. The maximum Gasteiger partial charge on any atom is 0.325 e. The lowest BCUT2D eigenvalue weighted by molar-refractivity contribution is -0.120. The van der Waals surface area contributed by atoms with Crippen LogP contribution in [0.25, 0.3) is 0 Å². The number of nitrogens with one attached hydrogen (secondary N) is 3. The minimum absolute atomic E-state index is 0.0424. The molecule has 0 spiro atoms. The van der Waals surface area contributed by atoms with Crippen LogP contribution in [0.2, 0.25) is 5.02 Å². The van der Waals surface area contributed by atoms with Crippen LogP contribution in [0.1, 0.15) is 18.5 Å². The van der Waals surface area contributed by atoms with Crippen LogP contribution in [0, 0.1) is 12.8 Å². The Hall–Kier alpha value is -2.43. The number of benzene rings is 1. The van der Waals surface area contributed by atoms with Crippen LogP contribution in [0.3, 0.4) is 0 Å². The van der Waals surface area contributed by atoms with E-state index in [9.17, 15) is 22.8 Å². The van der Waals surface area contributed by atoms with E-state index in [2.05, 4.69) is 10.3 Å². The van der Waals surface area contributed by atoms with Crippen molar-refractivity contribution < 1.29 is 13.2 Å². The van der Waals surface area contributed by atoms with Gasteiger partial charge in [0.25, 0.3) is 5.56 Å². The smallest absolute Gasteiger partial charge is 0.325 e. The van der Waals surface area contributed by atoms with Gasteiger partial charge in [0.15, 0.2) is 4.90 Å². The number of halogens is 1. The average Bonchev–Trinajstić information content (AvgIpc) is 2.60. The van der Waals surface area contributed by atoms with Gasteiger partial charge in [-0.15, -0.1) is 0 Å². The standard InChI is InChI=1S/C17H19ClN4O5S/c1-10-14(16(24)21-17(25)19-10)28(26,27)22-7-3-4-11(9-22)15(23)20-13-6-2-5-12(18)8-13/h2,5-6,8,11H,3-4,7,9H2,1H3,(H,20,23)(H2,19,21,24,25)/t11-/m0/s1. The molecule has 0 saturated carbocycles. The first-order valence-corrected chi connectivity index (χ1v) is 10.4. The van der Waals surface area contributed by atoms with Crippen molar-refractivity contribution in [3.8, 4) is 0 Å². The van der Waals surface area contributed by atoms with Crippen LogP contribution in [0.4, 0.5) is 5.69 Å². The van der Waals surface area contributed by atoms with Gasteiger partial charge in [0.05, 0.1) is 5.92 Å². The van der Waals surface area contributed by atoms with Crippen molar-refractivity contribution in [3.63, 3.8) is 0 Å². The van der Waals surface area contributed by atoms with Crippen LogP contribution in [-0.2, 0) is 14.8 Å². The Balaban J connectivity index is 1.82. The molecule has 11 heteroatoms. The van der Waals surface area contributed by atoms with Crippen LogP contribution in [-0.4, -0.2) is 41.7 Å². The van der Waals surface area contributed by atoms with Gasteiger partial charge < -0.3 is 10.3 Å². The van der Waals surface area contributed by atoms with Crippen molar-refractivity contribution in [1.29, 1.82) is 0 Å². The second-order valence-corrected chi connectivity index (χ2v) is 8.88. The highest BCUT2D eigenvalue weighted by Gasteiger charge is 2.35. The van der Waals surface area contributed by atoms with Crippen molar-refractivity contribution in [2.24, 2.45) is 5.92 Å². The molecule has 1 atom stereocenters. The third kappa shape index (κ3) is 4.18. The number of piperidine rings is 1. The Morgan fingerprint density at radius 2 is 2.04 bits per heavy atom. The quantitative estimate of drug-likeness (QED) is 0.672. The average molecular weight is 427 g/mol. The SMILES string of the molecule is Cc1[nH]c(=O)[nH]c(=O)c1S(=O)(=O)N1CCC[C@H](C(=O)Nc2cccc(Cl)c2)C1. The Labute approximate surface area is 165 Å². The molecule has 2 heterocycles. The number of carbonyl (C=O) groups excluding carboxylic acids is 1. The van der Waals surface area contributed by atoms with Crippen molar-refractivity contribution in [2.45, 2.75) is 24.7 Å². The van der Waals surface area contributed by atoms with Gasteiger partial charge in [0.2, 0.25) is 15.9 Å². The van der Waals surface area contributed by atoms with Crippen molar-refractivity contribution in [2.75, 3.05) is 18.4 Å². The maximum absolute atomic E-state index is 12.9. The van der Waals surface area contributed by atoms with E-state index in [0.717, 1.165) is 4.31 Å². The second kappa shape index (κ2) is 7.90. The molecule has 1 aliphatic rings. The molecule has 0 bridgehead atoms. The largest absolute Gasteiger partial charge is 0.326 e. The van der Waals surface area contributed by atoms with Gasteiger partial charge in [-0.3, -0.25) is 14.6 Å². The van der Waals surface area contributed by atoms with Crippen molar-refractivity contribution in [3.05, 3.63) is 55.8 Å². The monoisotopic (exact) mass is 426 g/mol. The molecule has 2 aromatic rings. The lowest BCUT2D eigenvalue weighted by atomic mass is 9.99. The highest BCUT2D eigenvalue weighted by Crippen LogP contribution is 2.24. The lowest BCUT2D eigenvalue weighted by Crippen LogP contribution is -2.45. The summed E-state index contributed by atoms with van der Waals surface area (Å²) in [6.07, 6.45) is 0.979. The summed E-state index contributed by atoms with van der Waals surface area (Å²) < 4.78 is 27.0. The third-order valence-corrected chi connectivity index (χ3v) is 6.77. The molecule has 0 radical (unpaired) electrons. The number of H-pyrrole nitrogens is 2. The highest BCUT2D eigenvalue weighted by atomic mass is 35.5. The van der Waals surface area contributed by atoms with Crippen LogP contribution >= 0.6 is 11.6 Å². The fourth-order valence-corrected chi connectivity index (χ4v) is 5.13. The minimum atomic E-state index is -4.17. The van der Waals surface area contributed by atoms with Gasteiger partial charge in [-0.25, -0.2) is 13.2 Å². The summed E-state index contributed by atoms with van der Waals surface area (Å²) in [5, 5.41) is 3.20. The van der Waals surface area contributed by atoms with Gasteiger partial charge in [-0.2, -0.15) is 4.31 Å². The Bertz CT molecular complexity index is 1120. The zero-order valence-corrected chi connectivity index (χ0v) is 16.6. The molecule has 9 nitrogen and oxygen atoms in total. The number of aromatic nitrogens is 2. The molecule has 1 aromatic heterocycles. The maximum atomic E-state index is 12.9. The topological polar surface area (TPSA) is 132 Å². The number of sulfonamides is 1. The van der Waals surface area contributed by atoms with E-state index in [-0.39, 0.29) is 24.7 Å². The van der Waals surface area contributed by atoms with Gasteiger partial charge in [0.1, 0.15) is 0 Å². The van der Waals surface area contributed by atoms with Crippen LogP contribution < -0.4 is 16.6 Å². The van der Waals surface area contributed by atoms with Crippen LogP contribution in [0.15, 0.2) is 38.8 Å². The molecule has 1 fully saturated rings. The molecule has 1 aromatic carbocycles. The zero-order chi connectivity index (χ0) is 20.5. The second-order valence-electron chi connectivity index (χ2n) is 6.56. The summed E-state index contributed by atoms with van der Waals surface area (Å²) in [5.74, 6) is -0.904. The first kappa shape index (κ1) is 20.3. The molecule has 3 rings (SSSR count). The van der Waals surface area contributed by atoms with E-state index in [4.69, 9.17) is 11.6 Å². The van der Waals surface area contributed by atoms with Gasteiger partial charge >= 0.3 is 5.69 Å². The van der Waals surface area contributed by atoms with E-state index in [1.807, 2.05) is 4.98 Å². The summed E-state index contributed by atoms with van der Waals surface area (Å²) in [6.45, 7) is 1.46. The molecule has 1 aliphatic heterocycles. The molecular formula is C17H19ClN4O5S. The normalized spacial score (nSPS) is 18.0. The first-order chi connectivity index (χ1) is 13.2. The number of anilines is 1. The summed E-state index contributed by atoms with van der Waals surface area (Å²) >= 11 is 5.91. The summed E-state index contributed by atoms with van der Waals surface area (Å²) in [6, 6.07) is 6.65. The lowest BCUT2D eigenvalue weighted by Gasteiger charge is -2.31.